The number of rotatable bonds is 5. The van der Waals surface area contributed by atoms with Crippen molar-refractivity contribution in [1.82, 2.24) is 0 Å². The lowest BCUT2D eigenvalue weighted by Gasteiger charge is -2.10. The summed E-state index contributed by atoms with van der Waals surface area (Å²) in [7, 11) is 0. The van der Waals surface area contributed by atoms with E-state index >= 15 is 0 Å². The average molecular weight is 348 g/mol. The van der Waals surface area contributed by atoms with Gasteiger partial charge in [0.25, 0.3) is 0 Å². The van der Waals surface area contributed by atoms with Gasteiger partial charge < -0.3 is 0 Å². The normalized spacial score (nSPS) is 12.5. The van der Waals surface area contributed by atoms with E-state index in [9.17, 15) is 4.79 Å². The van der Waals surface area contributed by atoms with Crippen LogP contribution in [0.25, 0.3) is 0 Å². The largest absolute Gasteiger partial charge is 0.294 e. The number of ketones is 1. The van der Waals surface area contributed by atoms with E-state index in [2.05, 4.69) is 45.7 Å². The number of carbonyl (C=O) groups is 1. The summed E-state index contributed by atoms with van der Waals surface area (Å²) >= 11 is 6.81. The number of hydrogen-bond donors (Lipinski definition) is 0. The summed E-state index contributed by atoms with van der Waals surface area (Å²) in [5.41, 5.74) is 0.775. The van der Waals surface area contributed by atoms with E-state index in [1.54, 1.807) is 0 Å². The van der Waals surface area contributed by atoms with E-state index in [1.165, 1.54) is 0 Å². The van der Waals surface area contributed by atoms with E-state index in [1.807, 2.05) is 18.2 Å². The number of Topliss-reactive ketones (excluding diaryl/α,β-unsaturated/α-hetero) is 1. The first-order chi connectivity index (χ1) is 7.54. The lowest BCUT2D eigenvalue weighted by molar-refractivity contribution is 0.0962. The molecule has 1 aromatic rings. The Bertz CT molecular complexity index is 374. The molecule has 0 spiro atoms. The Labute approximate surface area is 114 Å². The first-order valence-corrected chi connectivity index (χ1v) is 7.11. The van der Waals surface area contributed by atoms with Gasteiger partial charge in [-0.15, -0.1) is 0 Å². The van der Waals surface area contributed by atoms with Gasteiger partial charge >= 0.3 is 0 Å². The van der Waals surface area contributed by atoms with Crippen molar-refractivity contribution < 1.29 is 4.79 Å². The summed E-state index contributed by atoms with van der Waals surface area (Å²) in [6.45, 7) is 4.28. The second-order valence-corrected chi connectivity index (χ2v) is 5.92. The predicted molar refractivity (Wildman–Crippen MR) is 74.9 cm³/mol. The number of halogens is 2. The summed E-state index contributed by atoms with van der Waals surface area (Å²) in [5, 5.41) is 0. The van der Waals surface area contributed by atoms with Crippen LogP contribution in [0, 0.1) is 5.92 Å². The molecule has 0 aliphatic carbocycles. The van der Waals surface area contributed by atoms with Gasteiger partial charge in [-0.2, -0.15) is 0 Å². The van der Waals surface area contributed by atoms with Crippen molar-refractivity contribution in [1.29, 1.82) is 0 Å². The van der Waals surface area contributed by atoms with E-state index < -0.39 is 0 Å². The van der Waals surface area contributed by atoms with Crippen LogP contribution >= 0.6 is 31.9 Å². The summed E-state index contributed by atoms with van der Waals surface area (Å²) < 4.78 is 1.83. The molecule has 1 aromatic carbocycles. The van der Waals surface area contributed by atoms with Crippen molar-refractivity contribution >= 4 is 37.6 Å². The van der Waals surface area contributed by atoms with Gasteiger partial charge in [-0.25, -0.2) is 0 Å². The molecule has 16 heavy (non-hydrogen) atoms. The summed E-state index contributed by atoms with van der Waals surface area (Å²) in [6.07, 6.45) is 2.87. The Hall–Kier alpha value is -0.150. The second-order valence-electron chi connectivity index (χ2n) is 4.15. The van der Waals surface area contributed by atoms with Crippen molar-refractivity contribution in [3.8, 4) is 0 Å². The molecule has 3 heteroatoms. The van der Waals surface area contributed by atoms with Crippen LogP contribution in [0.3, 0.4) is 0 Å². The van der Waals surface area contributed by atoms with Crippen LogP contribution in [-0.4, -0.2) is 5.78 Å². The van der Waals surface area contributed by atoms with Crippen LogP contribution in [0.4, 0.5) is 0 Å². The fraction of sp³-hybridized carbons (Fsp3) is 0.462. The molecule has 0 aromatic heterocycles. The molecule has 0 radical (unpaired) electrons. The molecule has 0 aliphatic heterocycles. The fourth-order valence-corrected chi connectivity index (χ4v) is 2.56. The van der Waals surface area contributed by atoms with E-state index in [0.29, 0.717) is 12.3 Å². The lowest BCUT2D eigenvalue weighted by atomic mass is 9.96. The Balaban J connectivity index is 2.76. The number of carbonyl (C=O) groups excluding carboxylic acids is 1. The van der Waals surface area contributed by atoms with Crippen LogP contribution in [0.5, 0.6) is 0 Å². The molecule has 1 rings (SSSR count). The van der Waals surface area contributed by atoms with Gasteiger partial charge in [-0.3, -0.25) is 4.79 Å². The lowest BCUT2D eigenvalue weighted by Crippen LogP contribution is -2.06. The van der Waals surface area contributed by atoms with E-state index in [0.717, 1.165) is 27.4 Å². The standard InChI is InChI=1S/C13H16Br2O/c1-3-4-9(2)7-13(16)11-8-10(14)5-6-12(11)15/h5-6,8-9H,3-4,7H2,1-2H3. The molecule has 0 saturated heterocycles. The molecule has 1 nitrogen and oxygen atoms in total. The molecular formula is C13H16Br2O. The minimum Gasteiger partial charge on any atom is -0.294 e. The zero-order chi connectivity index (χ0) is 12.1. The number of hydrogen-bond acceptors (Lipinski definition) is 1. The van der Waals surface area contributed by atoms with Gasteiger partial charge in [0.2, 0.25) is 0 Å². The minimum atomic E-state index is 0.217. The first kappa shape index (κ1) is 13.9. The van der Waals surface area contributed by atoms with Crippen molar-refractivity contribution in [2.45, 2.75) is 33.1 Å². The predicted octanol–water partition coefficient (Wildman–Crippen LogP) is 5.22. The molecule has 0 aliphatic rings. The molecular weight excluding hydrogens is 332 g/mol. The van der Waals surface area contributed by atoms with Gasteiger partial charge in [0, 0.05) is 20.9 Å². The topological polar surface area (TPSA) is 17.1 Å². The molecule has 0 bridgehead atoms. The Morgan fingerprint density at radius 3 is 2.69 bits per heavy atom. The van der Waals surface area contributed by atoms with Crippen molar-refractivity contribution in [3.05, 3.63) is 32.7 Å². The third kappa shape index (κ3) is 4.02. The zero-order valence-electron chi connectivity index (χ0n) is 9.59. The van der Waals surface area contributed by atoms with E-state index in [4.69, 9.17) is 0 Å². The quantitative estimate of drug-likeness (QED) is 0.667. The molecule has 0 amide bonds. The Morgan fingerprint density at radius 1 is 1.38 bits per heavy atom. The van der Waals surface area contributed by atoms with Crippen molar-refractivity contribution in [2.75, 3.05) is 0 Å². The monoisotopic (exact) mass is 346 g/mol. The fourth-order valence-electron chi connectivity index (χ4n) is 1.73. The molecule has 0 saturated carbocycles. The van der Waals surface area contributed by atoms with Crippen LogP contribution in [0.15, 0.2) is 27.1 Å². The van der Waals surface area contributed by atoms with Crippen LogP contribution in [-0.2, 0) is 0 Å². The Kier molecular flexibility index (Phi) is 5.70. The molecule has 0 fully saturated rings. The second kappa shape index (κ2) is 6.55. The molecule has 88 valence electrons. The molecule has 0 heterocycles. The smallest absolute Gasteiger partial charge is 0.164 e. The minimum absolute atomic E-state index is 0.217. The van der Waals surface area contributed by atoms with Gasteiger partial charge in [0.15, 0.2) is 5.78 Å². The van der Waals surface area contributed by atoms with Crippen molar-refractivity contribution in [2.24, 2.45) is 5.92 Å². The maximum absolute atomic E-state index is 12.1. The zero-order valence-corrected chi connectivity index (χ0v) is 12.8. The Morgan fingerprint density at radius 2 is 2.06 bits per heavy atom. The van der Waals surface area contributed by atoms with Crippen LogP contribution in [0.1, 0.15) is 43.5 Å². The highest BCUT2D eigenvalue weighted by molar-refractivity contribution is 9.11. The highest BCUT2D eigenvalue weighted by atomic mass is 79.9. The van der Waals surface area contributed by atoms with E-state index in [-0.39, 0.29) is 5.78 Å². The maximum atomic E-state index is 12.1. The third-order valence-corrected chi connectivity index (χ3v) is 3.73. The summed E-state index contributed by atoms with van der Waals surface area (Å²) in [5.74, 6) is 0.678. The van der Waals surface area contributed by atoms with Crippen LogP contribution < -0.4 is 0 Å². The SMILES string of the molecule is CCCC(C)CC(=O)c1cc(Br)ccc1Br. The molecule has 0 N–H and O–H groups in total. The highest BCUT2D eigenvalue weighted by Gasteiger charge is 2.13. The first-order valence-electron chi connectivity index (χ1n) is 5.52. The maximum Gasteiger partial charge on any atom is 0.164 e. The third-order valence-electron chi connectivity index (χ3n) is 2.54. The summed E-state index contributed by atoms with van der Waals surface area (Å²) in [4.78, 5) is 12.1. The summed E-state index contributed by atoms with van der Waals surface area (Å²) in [6, 6.07) is 5.71. The van der Waals surface area contributed by atoms with Gasteiger partial charge in [-0.1, -0.05) is 58.5 Å². The van der Waals surface area contributed by atoms with Crippen molar-refractivity contribution in [3.63, 3.8) is 0 Å². The van der Waals surface area contributed by atoms with Gasteiger partial charge in [0.1, 0.15) is 0 Å². The van der Waals surface area contributed by atoms with Crippen LogP contribution in [0.2, 0.25) is 0 Å². The molecule has 1 atom stereocenters. The molecule has 1 unspecified atom stereocenters. The van der Waals surface area contributed by atoms with Gasteiger partial charge in [-0.05, 0) is 24.1 Å². The van der Waals surface area contributed by atoms with Gasteiger partial charge in [0.05, 0.1) is 0 Å². The number of benzene rings is 1. The highest BCUT2D eigenvalue weighted by Crippen LogP contribution is 2.24. The average Bonchev–Trinajstić information content (AvgIpc) is 2.21.